The molecule has 3 nitrogen and oxygen atoms in total. The Morgan fingerprint density at radius 3 is 2.38 bits per heavy atom. The molecule has 6 heteroatoms. The van der Waals surface area contributed by atoms with Crippen LogP contribution in [0, 0.1) is 7.11 Å². The Labute approximate surface area is 86.4 Å². The fourth-order valence-electron chi connectivity index (χ4n) is 0.741. The minimum atomic E-state index is -3.85. The normalized spacial score (nSPS) is 11.6. The molecular formula is C7H5Cl2O3S. The molecule has 1 rings (SSSR count). The summed E-state index contributed by atoms with van der Waals surface area (Å²) in [7, 11) is -1.03. The van der Waals surface area contributed by atoms with Crippen LogP contribution in [0.4, 0.5) is 0 Å². The third kappa shape index (κ3) is 2.34. The molecule has 0 aromatic heterocycles. The Hall–Kier alpha value is -0.290. The predicted molar refractivity (Wildman–Crippen MR) is 50.1 cm³/mol. The molecule has 0 heterocycles. The molecule has 1 radical (unpaired) electrons. The topological polar surface area (TPSA) is 43.4 Å². The molecule has 0 bridgehead atoms. The molecule has 0 saturated heterocycles. The maximum atomic E-state index is 11.1. The van der Waals surface area contributed by atoms with E-state index < -0.39 is 10.1 Å². The van der Waals surface area contributed by atoms with Gasteiger partial charge in [0.1, 0.15) is 4.90 Å². The summed E-state index contributed by atoms with van der Waals surface area (Å²) in [5.41, 5.74) is 0. The van der Waals surface area contributed by atoms with Crippen LogP contribution in [0.15, 0.2) is 23.1 Å². The number of benzene rings is 1. The molecule has 0 atom stereocenters. The van der Waals surface area contributed by atoms with Crippen LogP contribution in [-0.2, 0) is 14.3 Å². The zero-order valence-electron chi connectivity index (χ0n) is 6.33. The van der Waals surface area contributed by atoms with Gasteiger partial charge < -0.3 is 0 Å². The van der Waals surface area contributed by atoms with Crippen molar-refractivity contribution in [3.8, 4) is 0 Å². The summed E-state index contributed by atoms with van der Waals surface area (Å²) in [5, 5.41) is 0.365. The van der Waals surface area contributed by atoms with Gasteiger partial charge in [-0.25, -0.2) is 0 Å². The molecule has 0 aliphatic heterocycles. The number of hydrogen-bond acceptors (Lipinski definition) is 3. The van der Waals surface area contributed by atoms with E-state index >= 15 is 0 Å². The van der Waals surface area contributed by atoms with Gasteiger partial charge >= 0.3 is 0 Å². The molecular weight excluding hydrogens is 235 g/mol. The van der Waals surface area contributed by atoms with E-state index in [1.807, 2.05) is 0 Å². The van der Waals surface area contributed by atoms with Crippen molar-refractivity contribution in [1.82, 2.24) is 0 Å². The average molecular weight is 240 g/mol. The number of hydrogen-bond donors (Lipinski definition) is 0. The summed E-state index contributed by atoms with van der Waals surface area (Å²) in [6, 6.07) is 3.97. The van der Waals surface area contributed by atoms with E-state index in [2.05, 4.69) is 11.3 Å². The van der Waals surface area contributed by atoms with E-state index in [1.165, 1.54) is 18.2 Å². The van der Waals surface area contributed by atoms with E-state index in [4.69, 9.17) is 23.2 Å². The van der Waals surface area contributed by atoms with E-state index in [0.717, 1.165) is 0 Å². The Balaban J connectivity index is 3.33. The van der Waals surface area contributed by atoms with Crippen molar-refractivity contribution in [3.05, 3.63) is 35.4 Å². The molecule has 13 heavy (non-hydrogen) atoms. The van der Waals surface area contributed by atoms with Crippen molar-refractivity contribution in [3.63, 3.8) is 0 Å². The summed E-state index contributed by atoms with van der Waals surface area (Å²) in [6.45, 7) is 0. The molecule has 0 aliphatic rings. The van der Waals surface area contributed by atoms with Gasteiger partial charge in [0.25, 0.3) is 10.1 Å². The van der Waals surface area contributed by atoms with Crippen molar-refractivity contribution in [1.29, 1.82) is 0 Å². The molecule has 0 spiro atoms. The smallest absolute Gasteiger partial charge is 0.264 e. The molecule has 0 unspecified atom stereocenters. The Morgan fingerprint density at radius 1 is 1.31 bits per heavy atom. The molecule has 0 fully saturated rings. The predicted octanol–water partition coefficient (Wildman–Crippen LogP) is 2.49. The zero-order valence-corrected chi connectivity index (χ0v) is 8.66. The first kappa shape index (κ1) is 10.8. The van der Waals surface area contributed by atoms with E-state index in [9.17, 15) is 8.42 Å². The molecule has 0 N–H and O–H groups in total. The van der Waals surface area contributed by atoms with E-state index in [0.29, 0.717) is 5.02 Å². The van der Waals surface area contributed by atoms with Crippen molar-refractivity contribution >= 4 is 33.3 Å². The maximum Gasteiger partial charge on any atom is 0.298 e. The largest absolute Gasteiger partial charge is 0.298 e. The third-order valence-corrected chi connectivity index (χ3v) is 3.18. The molecule has 1 aromatic carbocycles. The number of rotatable bonds is 2. The maximum absolute atomic E-state index is 11.1. The van der Waals surface area contributed by atoms with Crippen LogP contribution in [0.2, 0.25) is 10.0 Å². The van der Waals surface area contributed by atoms with Gasteiger partial charge in [-0.1, -0.05) is 23.2 Å². The third-order valence-electron chi connectivity index (χ3n) is 1.32. The summed E-state index contributed by atoms with van der Waals surface area (Å²) < 4.78 is 26.3. The lowest BCUT2D eigenvalue weighted by molar-refractivity contribution is 0.438. The van der Waals surface area contributed by atoms with Gasteiger partial charge in [0.2, 0.25) is 0 Å². The highest BCUT2D eigenvalue weighted by Crippen LogP contribution is 2.25. The van der Waals surface area contributed by atoms with Crippen LogP contribution in [0.25, 0.3) is 0 Å². The van der Waals surface area contributed by atoms with Crippen LogP contribution in [0.3, 0.4) is 0 Å². The monoisotopic (exact) mass is 239 g/mol. The van der Waals surface area contributed by atoms with Crippen LogP contribution in [0.1, 0.15) is 0 Å². The SMILES string of the molecule is [CH2]OS(=O)(=O)c1ccc(Cl)cc1Cl. The van der Waals surface area contributed by atoms with Gasteiger partial charge in [-0.05, 0) is 18.2 Å². The van der Waals surface area contributed by atoms with Crippen molar-refractivity contribution in [2.75, 3.05) is 0 Å². The standard InChI is InChI=1S/C7H5Cl2O3S/c1-12-13(10,11)7-3-2-5(8)4-6(7)9/h2-4H,1H2. The molecule has 0 amide bonds. The molecule has 0 saturated carbocycles. The first-order chi connectivity index (χ1) is 5.97. The van der Waals surface area contributed by atoms with Crippen molar-refractivity contribution in [2.24, 2.45) is 0 Å². The average Bonchev–Trinajstić information content (AvgIpc) is 2.03. The lowest BCUT2D eigenvalue weighted by Gasteiger charge is -2.03. The molecule has 0 aliphatic carbocycles. The van der Waals surface area contributed by atoms with Gasteiger partial charge in [-0.3, -0.25) is 4.18 Å². The second kappa shape index (κ2) is 3.84. The van der Waals surface area contributed by atoms with Crippen LogP contribution >= 0.6 is 23.2 Å². The number of halogens is 2. The second-order valence-electron chi connectivity index (χ2n) is 2.15. The van der Waals surface area contributed by atoms with Gasteiger partial charge in [-0.15, -0.1) is 0 Å². The quantitative estimate of drug-likeness (QED) is 0.746. The summed E-state index contributed by atoms with van der Waals surface area (Å²) in [6.07, 6.45) is 0. The Bertz CT molecular complexity index is 414. The zero-order chi connectivity index (χ0) is 10.1. The first-order valence-corrected chi connectivity index (χ1v) is 5.27. The second-order valence-corrected chi connectivity index (χ2v) is 4.57. The van der Waals surface area contributed by atoms with Gasteiger partial charge in [-0.2, -0.15) is 8.42 Å². The minimum Gasteiger partial charge on any atom is -0.264 e. The summed E-state index contributed by atoms with van der Waals surface area (Å²) in [5.74, 6) is 0. The summed E-state index contributed by atoms with van der Waals surface area (Å²) >= 11 is 11.2. The van der Waals surface area contributed by atoms with Gasteiger partial charge in [0.15, 0.2) is 0 Å². The first-order valence-electron chi connectivity index (χ1n) is 3.11. The lowest BCUT2D eigenvalue weighted by Crippen LogP contribution is -2.01. The summed E-state index contributed by atoms with van der Waals surface area (Å²) in [4.78, 5) is -0.145. The van der Waals surface area contributed by atoms with E-state index in [1.54, 1.807) is 0 Å². The van der Waals surface area contributed by atoms with E-state index in [-0.39, 0.29) is 9.92 Å². The fourth-order valence-corrected chi connectivity index (χ4v) is 2.09. The van der Waals surface area contributed by atoms with Gasteiger partial charge in [0, 0.05) is 5.02 Å². The van der Waals surface area contributed by atoms with Crippen LogP contribution < -0.4 is 0 Å². The van der Waals surface area contributed by atoms with Crippen LogP contribution in [0.5, 0.6) is 0 Å². The van der Waals surface area contributed by atoms with Crippen molar-refractivity contribution in [2.45, 2.75) is 4.90 Å². The molecule has 71 valence electrons. The van der Waals surface area contributed by atoms with Crippen molar-refractivity contribution < 1.29 is 12.6 Å². The highest BCUT2D eigenvalue weighted by Gasteiger charge is 2.16. The lowest BCUT2D eigenvalue weighted by atomic mass is 10.4. The molecule has 1 aromatic rings. The Kier molecular flexibility index (Phi) is 3.18. The van der Waals surface area contributed by atoms with Gasteiger partial charge in [0.05, 0.1) is 12.1 Å². The highest BCUT2D eigenvalue weighted by molar-refractivity contribution is 7.87. The fraction of sp³-hybridized carbons (Fsp3) is 0. The van der Waals surface area contributed by atoms with Crippen LogP contribution in [-0.4, -0.2) is 8.42 Å². The highest BCUT2D eigenvalue weighted by atomic mass is 35.5. The minimum absolute atomic E-state index is 0.0103. The Morgan fingerprint density at radius 2 is 1.92 bits per heavy atom.